The van der Waals surface area contributed by atoms with E-state index in [-0.39, 0.29) is 16.1 Å². The Morgan fingerprint density at radius 1 is 0.824 bits per heavy atom. The number of hydrogen-bond acceptors (Lipinski definition) is 5. The second-order valence-corrected chi connectivity index (χ2v) is 14.4. The molecule has 5 nitrogen and oxygen atoms in total. The minimum absolute atomic E-state index is 0.238. The van der Waals surface area contributed by atoms with Gasteiger partial charge in [0.2, 0.25) is 0 Å². The van der Waals surface area contributed by atoms with Crippen LogP contribution in [0.15, 0.2) is 58.3 Å². The number of alkyl halides is 3. The third-order valence-electron chi connectivity index (χ3n) is 7.14. The average molecular weight is 516 g/mol. The molecule has 34 heavy (non-hydrogen) atoms. The quantitative estimate of drug-likeness (QED) is 0.535. The van der Waals surface area contributed by atoms with Gasteiger partial charge in [-0.1, -0.05) is 6.07 Å². The highest BCUT2D eigenvalue weighted by atomic mass is 32.2. The normalized spacial score (nSPS) is 18.8. The SMILES string of the molecule is CC(C)(C1CCN(c2ccc(S(=O)(=O)C3CC3)cc2)CC1)S(=O)(=O)c1cccc(C(F)(F)F)c1. The van der Waals surface area contributed by atoms with E-state index < -0.39 is 36.2 Å². The van der Waals surface area contributed by atoms with E-state index in [1.807, 2.05) is 0 Å². The summed E-state index contributed by atoms with van der Waals surface area (Å²) in [5.41, 5.74) is -0.113. The Labute approximate surface area is 198 Å². The molecular weight excluding hydrogens is 487 g/mol. The van der Waals surface area contributed by atoms with Crippen LogP contribution in [0.3, 0.4) is 0 Å². The standard InChI is InChI=1S/C24H28F3NO4S2/c1-23(2,34(31,32)22-5-3-4-18(16-22)24(25,26)27)17-12-14-28(15-13-17)19-6-8-20(9-7-19)33(29,30)21-10-11-21/h3-9,16-17,21H,10-15H2,1-2H3. The highest BCUT2D eigenvalue weighted by molar-refractivity contribution is 7.93. The molecule has 0 bridgehead atoms. The fraction of sp³-hybridized carbons (Fsp3) is 0.500. The molecule has 2 aromatic carbocycles. The lowest BCUT2D eigenvalue weighted by Gasteiger charge is -2.41. The van der Waals surface area contributed by atoms with Crippen LogP contribution in [0.5, 0.6) is 0 Å². The van der Waals surface area contributed by atoms with Crippen LogP contribution in [-0.4, -0.2) is 39.9 Å². The largest absolute Gasteiger partial charge is 0.416 e. The van der Waals surface area contributed by atoms with Crippen LogP contribution in [0, 0.1) is 5.92 Å². The highest BCUT2D eigenvalue weighted by Gasteiger charge is 2.44. The number of sulfone groups is 2. The molecule has 2 aliphatic rings. The number of hydrogen-bond donors (Lipinski definition) is 0. The van der Waals surface area contributed by atoms with Crippen molar-refractivity contribution in [3.8, 4) is 0 Å². The molecule has 0 aromatic heterocycles. The molecule has 1 aliphatic carbocycles. The summed E-state index contributed by atoms with van der Waals surface area (Å²) in [4.78, 5) is 2.08. The Kier molecular flexibility index (Phi) is 6.29. The molecule has 1 saturated carbocycles. The topological polar surface area (TPSA) is 71.5 Å². The molecule has 1 heterocycles. The maximum atomic E-state index is 13.3. The molecule has 1 aliphatic heterocycles. The van der Waals surface area contributed by atoms with Crippen molar-refractivity contribution in [1.29, 1.82) is 0 Å². The van der Waals surface area contributed by atoms with Crippen LogP contribution in [0.2, 0.25) is 0 Å². The summed E-state index contributed by atoms with van der Waals surface area (Å²) in [6.45, 7) is 4.31. The zero-order valence-electron chi connectivity index (χ0n) is 19.0. The van der Waals surface area contributed by atoms with Crippen LogP contribution >= 0.6 is 0 Å². The summed E-state index contributed by atoms with van der Waals surface area (Å²) in [5, 5.41) is -0.268. The van der Waals surface area contributed by atoms with Crippen LogP contribution in [0.25, 0.3) is 0 Å². The summed E-state index contributed by atoms with van der Waals surface area (Å²) >= 11 is 0. The first kappa shape index (κ1) is 25.0. The van der Waals surface area contributed by atoms with Crippen molar-refractivity contribution < 1.29 is 30.0 Å². The minimum atomic E-state index is -4.62. The first-order chi connectivity index (χ1) is 15.7. The van der Waals surface area contributed by atoms with E-state index in [1.165, 1.54) is 6.07 Å². The Bertz CT molecular complexity index is 1260. The molecule has 2 fully saturated rings. The molecule has 0 unspecified atom stereocenters. The van der Waals surface area contributed by atoms with Gasteiger partial charge in [-0.3, -0.25) is 0 Å². The zero-order chi connectivity index (χ0) is 24.9. The van der Waals surface area contributed by atoms with Crippen LogP contribution in [0.1, 0.15) is 45.1 Å². The smallest absolute Gasteiger partial charge is 0.372 e. The number of rotatable bonds is 6. The van der Waals surface area contributed by atoms with Gasteiger partial charge in [-0.15, -0.1) is 0 Å². The van der Waals surface area contributed by atoms with Crippen LogP contribution < -0.4 is 4.90 Å². The van der Waals surface area contributed by atoms with Gasteiger partial charge in [0.1, 0.15) is 0 Å². The molecular formula is C24H28F3NO4S2. The van der Waals surface area contributed by atoms with Gasteiger partial charge in [-0.05, 0) is 87.9 Å². The van der Waals surface area contributed by atoms with Gasteiger partial charge in [0.15, 0.2) is 19.7 Å². The second kappa shape index (κ2) is 8.55. The molecule has 0 spiro atoms. The molecule has 2 aromatic rings. The van der Waals surface area contributed by atoms with E-state index in [2.05, 4.69) is 4.90 Å². The maximum absolute atomic E-state index is 13.3. The number of anilines is 1. The van der Waals surface area contributed by atoms with E-state index in [1.54, 1.807) is 38.1 Å². The average Bonchev–Trinajstić information content (AvgIpc) is 3.65. The van der Waals surface area contributed by atoms with Gasteiger partial charge in [0.25, 0.3) is 0 Å². The first-order valence-electron chi connectivity index (χ1n) is 11.3. The van der Waals surface area contributed by atoms with Gasteiger partial charge in [0.05, 0.1) is 25.4 Å². The third-order valence-corrected chi connectivity index (χ3v) is 12.0. The lowest BCUT2D eigenvalue weighted by Crippen LogP contribution is -2.46. The number of nitrogens with zero attached hydrogens (tertiary/aromatic N) is 1. The van der Waals surface area contributed by atoms with Crippen molar-refractivity contribution in [1.82, 2.24) is 0 Å². The van der Waals surface area contributed by atoms with E-state index in [4.69, 9.17) is 0 Å². The molecule has 0 atom stereocenters. The molecule has 4 rings (SSSR count). The van der Waals surface area contributed by atoms with E-state index in [0.717, 1.165) is 17.8 Å². The molecule has 0 N–H and O–H groups in total. The molecule has 0 amide bonds. The predicted octanol–water partition coefficient (Wildman–Crippen LogP) is 5.11. The Hall–Kier alpha value is -2.07. The van der Waals surface area contributed by atoms with Crippen LogP contribution in [-0.2, 0) is 25.9 Å². The predicted molar refractivity (Wildman–Crippen MR) is 124 cm³/mol. The zero-order valence-corrected chi connectivity index (χ0v) is 20.7. The summed E-state index contributed by atoms with van der Waals surface area (Å²) in [5.74, 6) is -0.238. The summed E-state index contributed by atoms with van der Waals surface area (Å²) in [6, 6.07) is 10.7. The van der Waals surface area contributed by atoms with Crippen molar-refractivity contribution in [2.75, 3.05) is 18.0 Å². The maximum Gasteiger partial charge on any atom is 0.416 e. The van der Waals surface area contributed by atoms with Crippen LogP contribution in [0.4, 0.5) is 18.9 Å². The van der Waals surface area contributed by atoms with Crippen molar-refractivity contribution in [2.45, 2.75) is 65.5 Å². The number of halogens is 3. The second-order valence-electron chi connectivity index (χ2n) is 9.63. The van der Waals surface area contributed by atoms with Crippen molar-refractivity contribution in [3.63, 3.8) is 0 Å². The Morgan fingerprint density at radius 3 is 1.94 bits per heavy atom. The summed E-state index contributed by atoms with van der Waals surface area (Å²) in [6.07, 6.45) is -2.11. The third kappa shape index (κ3) is 4.58. The number of piperidine rings is 1. The highest BCUT2D eigenvalue weighted by Crippen LogP contribution is 2.40. The first-order valence-corrected chi connectivity index (χ1v) is 14.3. The molecule has 10 heteroatoms. The van der Waals surface area contributed by atoms with Crippen molar-refractivity contribution >= 4 is 25.4 Å². The molecule has 0 radical (unpaired) electrons. The fourth-order valence-electron chi connectivity index (χ4n) is 4.61. The van der Waals surface area contributed by atoms with Crippen molar-refractivity contribution in [3.05, 3.63) is 54.1 Å². The van der Waals surface area contributed by atoms with Gasteiger partial charge >= 0.3 is 6.18 Å². The molecule has 186 valence electrons. The van der Waals surface area contributed by atoms with Crippen molar-refractivity contribution in [2.24, 2.45) is 5.92 Å². The van der Waals surface area contributed by atoms with E-state index in [9.17, 15) is 30.0 Å². The lowest BCUT2D eigenvalue weighted by atomic mass is 9.85. The van der Waals surface area contributed by atoms with E-state index >= 15 is 0 Å². The van der Waals surface area contributed by atoms with Gasteiger partial charge in [0, 0.05) is 18.8 Å². The van der Waals surface area contributed by atoms with Gasteiger partial charge in [-0.2, -0.15) is 13.2 Å². The number of benzene rings is 2. The van der Waals surface area contributed by atoms with E-state index in [0.29, 0.717) is 49.7 Å². The fourth-order valence-corrected chi connectivity index (χ4v) is 8.09. The van der Waals surface area contributed by atoms with Gasteiger partial charge in [-0.25, -0.2) is 16.8 Å². The lowest BCUT2D eigenvalue weighted by molar-refractivity contribution is -0.137. The Morgan fingerprint density at radius 2 is 1.41 bits per heavy atom. The Balaban J connectivity index is 1.47. The summed E-state index contributed by atoms with van der Waals surface area (Å²) in [7, 11) is -7.26. The monoisotopic (exact) mass is 515 g/mol. The summed E-state index contributed by atoms with van der Waals surface area (Å²) < 4.78 is 89.5. The molecule has 1 saturated heterocycles. The van der Waals surface area contributed by atoms with Gasteiger partial charge < -0.3 is 4.90 Å². The minimum Gasteiger partial charge on any atom is -0.372 e.